The summed E-state index contributed by atoms with van der Waals surface area (Å²) in [5, 5.41) is 5.21. The molecule has 1 atom stereocenters. The lowest BCUT2D eigenvalue weighted by Gasteiger charge is -2.06. The molecular weight excluding hydrogens is 264 g/mol. The van der Waals surface area contributed by atoms with Gasteiger partial charge in [-0.15, -0.1) is 22.7 Å². The maximum Gasteiger partial charge on any atom is 0.193 e. The molecule has 3 aromatic rings. The van der Waals surface area contributed by atoms with Crippen LogP contribution in [0.1, 0.15) is 16.4 Å². The van der Waals surface area contributed by atoms with E-state index in [2.05, 4.69) is 21.5 Å². The smallest absolute Gasteiger partial charge is 0.193 e. The molecule has 3 heterocycles. The fraction of sp³-hybridized carbons (Fsp3) is 0.333. The highest BCUT2D eigenvalue weighted by Crippen LogP contribution is 2.15. The van der Waals surface area contributed by atoms with Crippen LogP contribution in [0.15, 0.2) is 23.2 Å². The SMILES string of the molecule is Cc1csc(CC(N)Cc2cn3ccsc3n2)n1. The predicted molar refractivity (Wildman–Crippen MR) is 75.3 cm³/mol. The zero-order valence-electron chi connectivity index (χ0n) is 10.0. The molecule has 0 radical (unpaired) electrons. The van der Waals surface area contributed by atoms with Crippen LogP contribution in [0.2, 0.25) is 0 Å². The van der Waals surface area contributed by atoms with Crippen LogP contribution in [0.25, 0.3) is 4.96 Å². The molecule has 3 aromatic heterocycles. The number of rotatable bonds is 4. The summed E-state index contributed by atoms with van der Waals surface area (Å²) in [6, 6.07) is 0.0835. The molecule has 0 saturated carbocycles. The number of aromatic nitrogens is 3. The lowest BCUT2D eigenvalue weighted by molar-refractivity contribution is 0.653. The van der Waals surface area contributed by atoms with Gasteiger partial charge in [-0.1, -0.05) is 0 Å². The molecule has 0 saturated heterocycles. The van der Waals surface area contributed by atoms with Crippen molar-refractivity contribution < 1.29 is 0 Å². The summed E-state index contributed by atoms with van der Waals surface area (Å²) in [5.74, 6) is 0. The Labute approximate surface area is 113 Å². The Morgan fingerprint density at radius 2 is 2.22 bits per heavy atom. The van der Waals surface area contributed by atoms with E-state index in [1.54, 1.807) is 22.7 Å². The van der Waals surface area contributed by atoms with Crippen molar-refractivity contribution >= 4 is 27.6 Å². The zero-order valence-corrected chi connectivity index (χ0v) is 11.7. The number of hydrogen-bond acceptors (Lipinski definition) is 5. The van der Waals surface area contributed by atoms with E-state index in [1.807, 2.05) is 22.9 Å². The Morgan fingerprint density at radius 3 is 2.94 bits per heavy atom. The minimum Gasteiger partial charge on any atom is -0.327 e. The summed E-state index contributed by atoms with van der Waals surface area (Å²) in [4.78, 5) is 10.0. The zero-order chi connectivity index (χ0) is 12.5. The molecule has 0 aliphatic heterocycles. The Hall–Kier alpha value is -1.24. The van der Waals surface area contributed by atoms with E-state index < -0.39 is 0 Å². The van der Waals surface area contributed by atoms with Crippen molar-refractivity contribution in [2.24, 2.45) is 5.73 Å². The van der Waals surface area contributed by atoms with Gasteiger partial charge in [-0.25, -0.2) is 9.97 Å². The van der Waals surface area contributed by atoms with Crippen molar-refractivity contribution in [1.82, 2.24) is 14.4 Å². The van der Waals surface area contributed by atoms with E-state index in [0.717, 1.165) is 34.2 Å². The maximum absolute atomic E-state index is 6.16. The van der Waals surface area contributed by atoms with Gasteiger partial charge < -0.3 is 5.73 Å². The minimum atomic E-state index is 0.0835. The Kier molecular flexibility index (Phi) is 3.15. The van der Waals surface area contributed by atoms with Crippen LogP contribution in [0.3, 0.4) is 0 Å². The van der Waals surface area contributed by atoms with Crippen molar-refractivity contribution in [2.45, 2.75) is 25.8 Å². The summed E-state index contributed by atoms with van der Waals surface area (Å²) in [6.45, 7) is 2.01. The van der Waals surface area contributed by atoms with Gasteiger partial charge in [0.05, 0.1) is 10.7 Å². The van der Waals surface area contributed by atoms with Gasteiger partial charge in [-0.2, -0.15) is 0 Å². The predicted octanol–water partition coefficient (Wildman–Crippen LogP) is 2.27. The normalized spacial score (nSPS) is 13.2. The highest BCUT2D eigenvalue weighted by molar-refractivity contribution is 7.15. The van der Waals surface area contributed by atoms with Gasteiger partial charge in [0.15, 0.2) is 4.96 Å². The third-order valence-electron chi connectivity index (χ3n) is 2.72. The number of hydrogen-bond donors (Lipinski definition) is 1. The average Bonchev–Trinajstić information content (AvgIpc) is 2.94. The van der Waals surface area contributed by atoms with E-state index in [9.17, 15) is 0 Å². The van der Waals surface area contributed by atoms with Crippen molar-refractivity contribution in [3.8, 4) is 0 Å². The first-order valence-corrected chi connectivity index (χ1v) is 7.54. The molecular formula is C12H14N4S2. The fourth-order valence-electron chi connectivity index (χ4n) is 1.94. The van der Waals surface area contributed by atoms with Gasteiger partial charge in [-0.3, -0.25) is 4.40 Å². The first-order chi connectivity index (χ1) is 8.70. The largest absolute Gasteiger partial charge is 0.327 e. The van der Waals surface area contributed by atoms with Gasteiger partial charge in [0.25, 0.3) is 0 Å². The summed E-state index contributed by atoms with van der Waals surface area (Å²) in [6.07, 6.45) is 5.70. The van der Waals surface area contributed by atoms with Gasteiger partial charge in [0.1, 0.15) is 0 Å². The molecule has 0 amide bonds. The molecule has 18 heavy (non-hydrogen) atoms. The topological polar surface area (TPSA) is 56.2 Å². The molecule has 0 aliphatic carbocycles. The number of nitrogens with zero attached hydrogens (tertiary/aromatic N) is 3. The fourth-order valence-corrected chi connectivity index (χ4v) is 3.52. The number of imidazole rings is 1. The molecule has 0 fully saturated rings. The number of thiazole rings is 2. The molecule has 0 aromatic carbocycles. The third-order valence-corrected chi connectivity index (χ3v) is 4.48. The monoisotopic (exact) mass is 278 g/mol. The second-order valence-electron chi connectivity index (χ2n) is 4.38. The molecule has 0 bridgehead atoms. The van der Waals surface area contributed by atoms with E-state index in [-0.39, 0.29) is 6.04 Å². The van der Waals surface area contributed by atoms with Gasteiger partial charge in [0.2, 0.25) is 0 Å². The van der Waals surface area contributed by atoms with Gasteiger partial charge in [0, 0.05) is 47.7 Å². The summed E-state index contributed by atoms with van der Waals surface area (Å²) in [7, 11) is 0. The first kappa shape index (κ1) is 11.8. The Bertz CT molecular complexity index is 623. The summed E-state index contributed by atoms with van der Waals surface area (Å²) < 4.78 is 2.04. The number of fused-ring (bicyclic) bond motifs is 1. The summed E-state index contributed by atoms with van der Waals surface area (Å²) in [5.41, 5.74) is 8.29. The maximum atomic E-state index is 6.16. The molecule has 94 valence electrons. The van der Waals surface area contributed by atoms with E-state index in [0.29, 0.717) is 0 Å². The Balaban J connectivity index is 1.67. The van der Waals surface area contributed by atoms with Crippen LogP contribution >= 0.6 is 22.7 Å². The highest BCUT2D eigenvalue weighted by atomic mass is 32.1. The van der Waals surface area contributed by atoms with Crippen molar-refractivity contribution in [3.05, 3.63) is 39.5 Å². The molecule has 0 spiro atoms. The van der Waals surface area contributed by atoms with E-state index in [1.165, 1.54) is 0 Å². The van der Waals surface area contributed by atoms with Crippen molar-refractivity contribution in [1.29, 1.82) is 0 Å². The number of nitrogens with two attached hydrogens (primary N) is 1. The molecule has 3 rings (SSSR count). The summed E-state index contributed by atoms with van der Waals surface area (Å²) >= 11 is 3.32. The molecule has 6 heteroatoms. The van der Waals surface area contributed by atoms with Crippen LogP contribution in [0, 0.1) is 6.92 Å². The van der Waals surface area contributed by atoms with E-state index in [4.69, 9.17) is 5.73 Å². The van der Waals surface area contributed by atoms with Crippen molar-refractivity contribution in [3.63, 3.8) is 0 Å². The number of aryl methyl sites for hydroxylation is 1. The second-order valence-corrected chi connectivity index (χ2v) is 6.19. The van der Waals surface area contributed by atoms with Crippen LogP contribution in [0.5, 0.6) is 0 Å². The molecule has 2 N–H and O–H groups in total. The highest BCUT2D eigenvalue weighted by Gasteiger charge is 2.11. The van der Waals surface area contributed by atoms with Crippen LogP contribution < -0.4 is 5.73 Å². The molecule has 4 nitrogen and oxygen atoms in total. The molecule has 1 unspecified atom stereocenters. The lowest BCUT2D eigenvalue weighted by atomic mass is 10.1. The first-order valence-electron chi connectivity index (χ1n) is 5.78. The minimum absolute atomic E-state index is 0.0835. The third kappa shape index (κ3) is 2.45. The molecule has 0 aliphatic rings. The Morgan fingerprint density at radius 1 is 1.33 bits per heavy atom. The van der Waals surface area contributed by atoms with Crippen LogP contribution in [-0.4, -0.2) is 20.4 Å². The second kappa shape index (κ2) is 4.79. The quantitative estimate of drug-likeness (QED) is 0.796. The van der Waals surface area contributed by atoms with Crippen molar-refractivity contribution in [2.75, 3.05) is 0 Å². The standard InChI is InChI=1S/C12H14N4S2/c1-8-7-18-11(14-8)5-9(13)4-10-6-16-2-3-17-12(16)15-10/h2-3,6-7,9H,4-5,13H2,1H3. The average molecular weight is 278 g/mol. The van der Waals surface area contributed by atoms with E-state index >= 15 is 0 Å². The lowest BCUT2D eigenvalue weighted by Crippen LogP contribution is -2.25. The van der Waals surface area contributed by atoms with Crippen LogP contribution in [-0.2, 0) is 12.8 Å². The van der Waals surface area contributed by atoms with Gasteiger partial charge in [-0.05, 0) is 6.92 Å². The van der Waals surface area contributed by atoms with Crippen LogP contribution in [0.4, 0.5) is 0 Å². The van der Waals surface area contributed by atoms with Gasteiger partial charge >= 0.3 is 0 Å².